The van der Waals surface area contributed by atoms with Crippen LogP contribution in [0.25, 0.3) is 0 Å². The molecule has 0 atom stereocenters. The molecule has 2 rings (SSSR count). The molecule has 0 spiro atoms. The number of nitrogens with one attached hydrogen (secondary N) is 1. The van der Waals surface area contributed by atoms with Crippen LogP contribution < -0.4 is 5.32 Å². The van der Waals surface area contributed by atoms with Crippen molar-refractivity contribution in [2.75, 3.05) is 5.32 Å². The smallest absolute Gasteiger partial charge is 0.258 e. The summed E-state index contributed by atoms with van der Waals surface area (Å²) in [5.74, 6) is -0.0732. The number of carbonyl (C=O) groups is 1. The van der Waals surface area contributed by atoms with Crippen LogP contribution in [-0.4, -0.2) is 20.9 Å². The van der Waals surface area contributed by atoms with Gasteiger partial charge in [-0.1, -0.05) is 11.6 Å². The van der Waals surface area contributed by atoms with Crippen molar-refractivity contribution in [1.29, 1.82) is 0 Å². The van der Waals surface area contributed by atoms with E-state index >= 15 is 0 Å². The Kier molecular flexibility index (Phi) is 3.07. The number of hydrogen-bond donors (Lipinski definition) is 1. The van der Waals surface area contributed by atoms with Crippen LogP contribution in [-0.2, 0) is 0 Å². The quantitative estimate of drug-likeness (QED) is 0.805. The lowest BCUT2D eigenvalue weighted by Gasteiger charge is -2.02. The lowest BCUT2D eigenvalue weighted by Crippen LogP contribution is -2.13. The van der Waals surface area contributed by atoms with E-state index in [9.17, 15) is 4.79 Å². The number of nitrogens with zero attached hydrogens (tertiary/aromatic N) is 3. The first-order valence-electron chi connectivity index (χ1n) is 4.45. The number of aromatic nitrogens is 3. The van der Waals surface area contributed by atoms with Crippen molar-refractivity contribution in [2.24, 2.45) is 0 Å². The first-order valence-corrected chi connectivity index (χ1v) is 4.83. The Morgan fingerprint density at radius 1 is 1.19 bits per heavy atom. The molecular weight excluding hydrogens is 228 g/mol. The van der Waals surface area contributed by atoms with Crippen molar-refractivity contribution in [2.45, 2.75) is 0 Å². The van der Waals surface area contributed by atoms with Gasteiger partial charge >= 0.3 is 0 Å². The third-order valence-corrected chi connectivity index (χ3v) is 1.99. The molecule has 0 fully saturated rings. The second-order valence-electron chi connectivity index (χ2n) is 2.89. The number of rotatable bonds is 2. The van der Waals surface area contributed by atoms with E-state index in [1.54, 1.807) is 24.5 Å². The third kappa shape index (κ3) is 2.52. The summed E-state index contributed by atoms with van der Waals surface area (Å²) in [4.78, 5) is 23.2. The van der Waals surface area contributed by atoms with Crippen LogP contribution in [0, 0.1) is 0 Å². The Bertz CT molecular complexity index is 503. The molecule has 0 radical (unpaired) electrons. The summed E-state index contributed by atoms with van der Waals surface area (Å²) in [6, 6.07) is 4.70. The number of hydrogen-bond acceptors (Lipinski definition) is 4. The van der Waals surface area contributed by atoms with Gasteiger partial charge in [0.05, 0.1) is 0 Å². The van der Waals surface area contributed by atoms with E-state index in [4.69, 9.17) is 11.6 Å². The van der Waals surface area contributed by atoms with Gasteiger partial charge in [-0.05, 0) is 18.2 Å². The summed E-state index contributed by atoms with van der Waals surface area (Å²) in [5, 5.41) is 2.80. The average Bonchev–Trinajstić information content (AvgIpc) is 2.30. The monoisotopic (exact) mass is 234 g/mol. The van der Waals surface area contributed by atoms with Crippen molar-refractivity contribution in [1.82, 2.24) is 15.0 Å². The molecule has 0 unspecified atom stereocenters. The van der Waals surface area contributed by atoms with Crippen molar-refractivity contribution in [3.63, 3.8) is 0 Å². The van der Waals surface area contributed by atoms with Gasteiger partial charge in [0.25, 0.3) is 5.91 Å². The van der Waals surface area contributed by atoms with Gasteiger partial charge in [-0.3, -0.25) is 10.1 Å². The third-order valence-electron chi connectivity index (χ3n) is 1.78. The molecule has 1 N–H and O–H groups in total. The fourth-order valence-corrected chi connectivity index (χ4v) is 1.25. The van der Waals surface area contributed by atoms with Gasteiger partial charge < -0.3 is 0 Å². The molecule has 2 aromatic heterocycles. The molecule has 0 saturated heterocycles. The Balaban J connectivity index is 2.15. The average molecular weight is 235 g/mol. The lowest BCUT2D eigenvalue weighted by molar-refractivity contribution is 0.102. The highest BCUT2D eigenvalue weighted by Crippen LogP contribution is 2.08. The topological polar surface area (TPSA) is 67.8 Å². The fourth-order valence-electron chi connectivity index (χ4n) is 1.08. The Morgan fingerprint density at radius 2 is 1.94 bits per heavy atom. The maximum absolute atomic E-state index is 11.7. The van der Waals surface area contributed by atoms with Crippen molar-refractivity contribution >= 4 is 23.5 Å². The van der Waals surface area contributed by atoms with Gasteiger partial charge in [0, 0.05) is 24.2 Å². The molecule has 16 heavy (non-hydrogen) atoms. The van der Waals surface area contributed by atoms with Crippen LogP contribution in [0.5, 0.6) is 0 Å². The largest absolute Gasteiger partial charge is 0.290 e. The molecule has 2 heterocycles. The summed E-state index contributed by atoms with van der Waals surface area (Å²) in [6.45, 7) is 0. The Hall–Kier alpha value is -2.01. The summed E-state index contributed by atoms with van der Waals surface area (Å²) in [6.07, 6.45) is 4.55. The van der Waals surface area contributed by atoms with E-state index in [0.717, 1.165) is 0 Å². The molecule has 0 saturated carbocycles. The molecule has 0 aliphatic rings. The van der Waals surface area contributed by atoms with E-state index in [1.807, 2.05) is 0 Å². The summed E-state index contributed by atoms with van der Waals surface area (Å²) in [5.41, 5.74) is 0.410. The van der Waals surface area contributed by atoms with E-state index in [0.29, 0.717) is 5.56 Å². The van der Waals surface area contributed by atoms with Crippen molar-refractivity contribution in [3.8, 4) is 0 Å². The number of halogens is 1. The first-order chi connectivity index (χ1) is 7.75. The number of amides is 1. The molecule has 0 aliphatic heterocycles. The van der Waals surface area contributed by atoms with Crippen molar-refractivity contribution < 1.29 is 4.79 Å². The lowest BCUT2D eigenvalue weighted by atomic mass is 10.2. The molecule has 0 bridgehead atoms. The summed E-state index contributed by atoms with van der Waals surface area (Å²) in [7, 11) is 0. The number of anilines is 1. The normalized spacial score (nSPS) is 9.81. The SMILES string of the molecule is O=C(Nc1ncccn1)c1ccnc(Cl)c1. The minimum absolute atomic E-state index is 0.250. The van der Waals surface area contributed by atoms with E-state index in [1.165, 1.54) is 12.3 Å². The van der Waals surface area contributed by atoms with Crippen LogP contribution >= 0.6 is 11.6 Å². The predicted molar refractivity (Wildman–Crippen MR) is 59.2 cm³/mol. The molecule has 5 nitrogen and oxygen atoms in total. The Morgan fingerprint density at radius 3 is 2.62 bits per heavy atom. The van der Waals surface area contributed by atoms with Gasteiger partial charge in [-0.2, -0.15) is 0 Å². The maximum atomic E-state index is 11.7. The predicted octanol–water partition coefficient (Wildman–Crippen LogP) is 1.78. The first kappa shape index (κ1) is 10.5. The highest BCUT2D eigenvalue weighted by molar-refractivity contribution is 6.29. The van der Waals surface area contributed by atoms with Crippen LogP contribution in [0.3, 0.4) is 0 Å². The van der Waals surface area contributed by atoms with Gasteiger partial charge in [0.15, 0.2) is 0 Å². The minimum atomic E-state index is -0.324. The molecule has 0 aliphatic carbocycles. The van der Waals surface area contributed by atoms with Crippen LogP contribution in [0.2, 0.25) is 5.15 Å². The second-order valence-corrected chi connectivity index (χ2v) is 3.28. The highest BCUT2D eigenvalue weighted by atomic mass is 35.5. The van der Waals surface area contributed by atoms with Gasteiger partial charge in [0.1, 0.15) is 5.15 Å². The number of pyridine rings is 1. The minimum Gasteiger partial charge on any atom is -0.290 e. The standard InChI is InChI=1S/C10H7ClN4O/c11-8-6-7(2-5-12-8)9(16)15-10-13-3-1-4-14-10/h1-6H,(H,13,14,15,16). The van der Waals surface area contributed by atoms with Gasteiger partial charge in [0.2, 0.25) is 5.95 Å². The van der Waals surface area contributed by atoms with Gasteiger partial charge in [-0.15, -0.1) is 0 Å². The van der Waals surface area contributed by atoms with Gasteiger partial charge in [-0.25, -0.2) is 15.0 Å². The van der Waals surface area contributed by atoms with Crippen LogP contribution in [0.1, 0.15) is 10.4 Å². The van der Waals surface area contributed by atoms with Crippen LogP contribution in [0.15, 0.2) is 36.8 Å². The zero-order valence-corrected chi connectivity index (χ0v) is 8.85. The zero-order chi connectivity index (χ0) is 11.4. The molecule has 6 heteroatoms. The van der Waals surface area contributed by atoms with E-state index in [-0.39, 0.29) is 17.0 Å². The summed E-state index contributed by atoms with van der Waals surface area (Å²) < 4.78 is 0. The molecule has 80 valence electrons. The second kappa shape index (κ2) is 4.67. The highest BCUT2D eigenvalue weighted by Gasteiger charge is 2.07. The molecule has 2 aromatic rings. The zero-order valence-electron chi connectivity index (χ0n) is 8.09. The maximum Gasteiger partial charge on any atom is 0.258 e. The molecule has 0 aromatic carbocycles. The van der Waals surface area contributed by atoms with Crippen molar-refractivity contribution in [3.05, 3.63) is 47.5 Å². The molecular formula is C10H7ClN4O. The summed E-state index contributed by atoms with van der Waals surface area (Å²) >= 11 is 5.67. The van der Waals surface area contributed by atoms with Crippen LogP contribution in [0.4, 0.5) is 5.95 Å². The van der Waals surface area contributed by atoms with E-state index < -0.39 is 0 Å². The number of carbonyl (C=O) groups excluding carboxylic acids is 1. The van der Waals surface area contributed by atoms with E-state index in [2.05, 4.69) is 20.3 Å². The Labute approximate surface area is 96.5 Å². The fraction of sp³-hybridized carbons (Fsp3) is 0. The molecule has 1 amide bonds.